The summed E-state index contributed by atoms with van der Waals surface area (Å²) in [6.45, 7) is 2.17. The zero-order valence-corrected chi connectivity index (χ0v) is 16.6. The highest BCUT2D eigenvalue weighted by Gasteiger charge is 2.16. The predicted octanol–water partition coefficient (Wildman–Crippen LogP) is 3.38. The lowest BCUT2D eigenvalue weighted by molar-refractivity contribution is -0.123. The Bertz CT molecular complexity index is 831. The molecule has 0 bridgehead atoms. The molecule has 0 aliphatic carbocycles. The summed E-state index contributed by atoms with van der Waals surface area (Å²) in [6, 6.07) is 13.0. The largest absolute Gasteiger partial charge is 0.496 e. The maximum Gasteiger partial charge on any atom is 0.338 e. The first-order valence-electron chi connectivity index (χ1n) is 9.42. The number of rotatable bonds is 10. The van der Waals surface area contributed by atoms with Gasteiger partial charge in [0.15, 0.2) is 6.61 Å². The van der Waals surface area contributed by atoms with Crippen LogP contribution >= 0.6 is 0 Å². The summed E-state index contributed by atoms with van der Waals surface area (Å²) in [4.78, 5) is 36.1. The highest BCUT2D eigenvalue weighted by Crippen LogP contribution is 2.17. The molecule has 2 aromatic rings. The highest BCUT2D eigenvalue weighted by molar-refractivity contribution is 6.07. The molecule has 7 heteroatoms. The summed E-state index contributed by atoms with van der Waals surface area (Å²) in [7, 11) is 1.43. The van der Waals surface area contributed by atoms with Gasteiger partial charge in [0.1, 0.15) is 11.5 Å². The Morgan fingerprint density at radius 1 is 0.966 bits per heavy atom. The lowest BCUT2D eigenvalue weighted by atomic mass is 10.2. The fourth-order valence-corrected chi connectivity index (χ4v) is 2.51. The number of methoxy groups -OCH3 is 1. The highest BCUT2D eigenvalue weighted by atomic mass is 16.5. The van der Waals surface area contributed by atoms with Crippen molar-refractivity contribution in [1.29, 1.82) is 0 Å². The SMILES string of the molecule is CCCCCOc1ccc(C(=O)OCC(=O)NC(=O)c2ccccc2OC)cc1. The number of imide groups is 1. The van der Waals surface area contributed by atoms with Gasteiger partial charge in [-0.1, -0.05) is 31.9 Å². The standard InChI is InChI=1S/C22H25NO6/c1-3-4-7-14-28-17-12-10-16(11-13-17)22(26)29-15-20(24)23-21(25)18-8-5-6-9-19(18)27-2/h5-6,8-13H,3-4,7,14-15H2,1-2H3,(H,23,24,25). The smallest absolute Gasteiger partial charge is 0.338 e. The van der Waals surface area contributed by atoms with Gasteiger partial charge in [-0.25, -0.2) is 4.79 Å². The quantitative estimate of drug-likeness (QED) is 0.487. The van der Waals surface area contributed by atoms with Crippen molar-refractivity contribution < 1.29 is 28.6 Å². The third kappa shape index (κ3) is 6.95. The minimum atomic E-state index is -0.731. The molecule has 0 radical (unpaired) electrons. The maximum atomic E-state index is 12.1. The molecule has 0 aromatic heterocycles. The normalized spacial score (nSPS) is 10.1. The van der Waals surface area contributed by atoms with Crippen LogP contribution in [0, 0.1) is 0 Å². The molecule has 0 saturated carbocycles. The molecule has 0 aliphatic rings. The summed E-state index contributed by atoms with van der Waals surface area (Å²) in [5.41, 5.74) is 0.499. The Kier molecular flexibility index (Phi) is 8.69. The van der Waals surface area contributed by atoms with Crippen molar-refractivity contribution in [2.24, 2.45) is 0 Å². The number of carbonyl (C=O) groups excluding carboxylic acids is 3. The first-order valence-corrected chi connectivity index (χ1v) is 9.42. The van der Waals surface area contributed by atoms with E-state index in [0.717, 1.165) is 19.3 Å². The predicted molar refractivity (Wildman–Crippen MR) is 107 cm³/mol. The van der Waals surface area contributed by atoms with Gasteiger partial charge in [0.25, 0.3) is 11.8 Å². The van der Waals surface area contributed by atoms with Crippen LogP contribution in [0.15, 0.2) is 48.5 Å². The number of amides is 2. The van der Waals surface area contributed by atoms with E-state index in [1.54, 1.807) is 42.5 Å². The van der Waals surface area contributed by atoms with E-state index in [9.17, 15) is 14.4 Å². The lowest BCUT2D eigenvalue weighted by Crippen LogP contribution is -2.34. The first-order chi connectivity index (χ1) is 14.0. The van der Waals surface area contributed by atoms with Gasteiger partial charge in [0, 0.05) is 0 Å². The summed E-state index contributed by atoms with van der Waals surface area (Å²) in [5, 5.41) is 2.17. The van der Waals surface area contributed by atoms with Crippen molar-refractivity contribution in [3.8, 4) is 11.5 Å². The van der Waals surface area contributed by atoms with E-state index in [1.807, 2.05) is 0 Å². The molecular formula is C22H25NO6. The van der Waals surface area contributed by atoms with Gasteiger partial charge in [-0.05, 0) is 42.8 Å². The van der Waals surface area contributed by atoms with Crippen molar-refractivity contribution in [3.05, 3.63) is 59.7 Å². The van der Waals surface area contributed by atoms with E-state index in [0.29, 0.717) is 18.1 Å². The van der Waals surface area contributed by atoms with Gasteiger partial charge in [-0.2, -0.15) is 0 Å². The van der Waals surface area contributed by atoms with Crippen LogP contribution in [0.3, 0.4) is 0 Å². The number of carbonyl (C=O) groups is 3. The average Bonchev–Trinajstić information content (AvgIpc) is 2.75. The Hall–Kier alpha value is -3.35. The minimum absolute atomic E-state index is 0.212. The molecule has 0 fully saturated rings. The van der Waals surface area contributed by atoms with E-state index >= 15 is 0 Å². The Morgan fingerprint density at radius 2 is 1.69 bits per heavy atom. The molecule has 0 aliphatic heterocycles. The summed E-state index contributed by atoms with van der Waals surface area (Å²) < 4.78 is 15.6. The molecule has 2 aromatic carbocycles. The molecule has 0 saturated heterocycles. The molecule has 29 heavy (non-hydrogen) atoms. The molecular weight excluding hydrogens is 374 g/mol. The second kappa shape index (κ2) is 11.5. The topological polar surface area (TPSA) is 90.9 Å². The second-order valence-electron chi connectivity index (χ2n) is 6.23. The molecule has 0 spiro atoms. The van der Waals surface area contributed by atoms with Crippen molar-refractivity contribution >= 4 is 17.8 Å². The Balaban J connectivity index is 1.80. The molecule has 2 amide bonds. The number of hydrogen-bond donors (Lipinski definition) is 1. The Labute approximate surface area is 170 Å². The van der Waals surface area contributed by atoms with Crippen LogP contribution in [0.2, 0.25) is 0 Å². The molecule has 7 nitrogen and oxygen atoms in total. The summed E-state index contributed by atoms with van der Waals surface area (Å²) >= 11 is 0. The van der Waals surface area contributed by atoms with Crippen molar-refractivity contribution in [2.45, 2.75) is 26.2 Å². The number of esters is 1. The third-order valence-corrected chi connectivity index (χ3v) is 4.05. The minimum Gasteiger partial charge on any atom is -0.496 e. The van der Waals surface area contributed by atoms with Crippen LogP contribution in [0.25, 0.3) is 0 Å². The van der Waals surface area contributed by atoms with E-state index in [-0.39, 0.29) is 11.1 Å². The number of nitrogens with one attached hydrogen (secondary N) is 1. The molecule has 0 atom stereocenters. The van der Waals surface area contributed by atoms with Crippen molar-refractivity contribution in [3.63, 3.8) is 0 Å². The lowest BCUT2D eigenvalue weighted by Gasteiger charge is -2.09. The van der Waals surface area contributed by atoms with Crippen LogP contribution in [0.5, 0.6) is 11.5 Å². The van der Waals surface area contributed by atoms with Crippen molar-refractivity contribution in [2.75, 3.05) is 20.3 Å². The van der Waals surface area contributed by atoms with Crippen LogP contribution in [-0.2, 0) is 9.53 Å². The number of ether oxygens (including phenoxy) is 3. The molecule has 2 rings (SSSR count). The van der Waals surface area contributed by atoms with Crippen molar-refractivity contribution in [1.82, 2.24) is 5.32 Å². The van der Waals surface area contributed by atoms with E-state index < -0.39 is 24.4 Å². The average molecular weight is 399 g/mol. The molecule has 0 heterocycles. The van der Waals surface area contributed by atoms with Gasteiger partial charge in [-0.3, -0.25) is 14.9 Å². The number of hydrogen-bond acceptors (Lipinski definition) is 6. The number of benzene rings is 2. The number of para-hydroxylation sites is 1. The van der Waals surface area contributed by atoms with Gasteiger partial charge in [0.05, 0.1) is 24.8 Å². The molecule has 1 N–H and O–H groups in total. The van der Waals surface area contributed by atoms with E-state index in [1.165, 1.54) is 13.2 Å². The van der Waals surface area contributed by atoms with E-state index in [4.69, 9.17) is 14.2 Å². The third-order valence-electron chi connectivity index (χ3n) is 4.05. The van der Waals surface area contributed by atoms with Crippen LogP contribution in [-0.4, -0.2) is 38.1 Å². The van der Waals surface area contributed by atoms with Gasteiger partial charge in [-0.15, -0.1) is 0 Å². The fraction of sp³-hybridized carbons (Fsp3) is 0.318. The Morgan fingerprint density at radius 3 is 2.38 bits per heavy atom. The van der Waals surface area contributed by atoms with Crippen LogP contribution < -0.4 is 14.8 Å². The van der Waals surface area contributed by atoms with Gasteiger partial charge in [0.2, 0.25) is 0 Å². The monoisotopic (exact) mass is 399 g/mol. The summed E-state index contributed by atoms with van der Waals surface area (Å²) in [5.74, 6) is -1.02. The van der Waals surface area contributed by atoms with Gasteiger partial charge < -0.3 is 14.2 Å². The van der Waals surface area contributed by atoms with Crippen LogP contribution in [0.1, 0.15) is 46.9 Å². The second-order valence-corrected chi connectivity index (χ2v) is 6.23. The zero-order chi connectivity index (χ0) is 21.1. The molecule has 154 valence electrons. The maximum absolute atomic E-state index is 12.1. The van der Waals surface area contributed by atoms with Gasteiger partial charge >= 0.3 is 5.97 Å². The number of unbranched alkanes of at least 4 members (excludes halogenated alkanes) is 2. The molecule has 0 unspecified atom stereocenters. The van der Waals surface area contributed by atoms with Crippen LogP contribution in [0.4, 0.5) is 0 Å². The summed E-state index contributed by atoms with van der Waals surface area (Å²) in [6.07, 6.45) is 3.20. The van der Waals surface area contributed by atoms with E-state index in [2.05, 4.69) is 12.2 Å². The zero-order valence-electron chi connectivity index (χ0n) is 16.6. The fourth-order valence-electron chi connectivity index (χ4n) is 2.51. The first kappa shape index (κ1) is 21.9.